The van der Waals surface area contributed by atoms with Gasteiger partial charge in [0.2, 0.25) is 5.91 Å². The fourth-order valence-corrected chi connectivity index (χ4v) is 3.34. The van der Waals surface area contributed by atoms with Crippen LogP contribution in [0, 0.1) is 10.1 Å². The lowest BCUT2D eigenvalue weighted by Gasteiger charge is -2.21. The Morgan fingerprint density at radius 2 is 2.15 bits per heavy atom. The first-order valence-electron chi connectivity index (χ1n) is 7.73. The highest BCUT2D eigenvalue weighted by Gasteiger charge is 2.44. The Morgan fingerprint density at radius 1 is 1.38 bits per heavy atom. The van der Waals surface area contributed by atoms with E-state index >= 15 is 0 Å². The zero-order valence-electron chi connectivity index (χ0n) is 13.7. The van der Waals surface area contributed by atoms with E-state index in [4.69, 9.17) is 0 Å². The molecule has 0 radical (unpaired) electrons. The van der Waals surface area contributed by atoms with Crippen LogP contribution in [0.15, 0.2) is 29.8 Å². The molecule has 2 heterocycles. The van der Waals surface area contributed by atoms with Crippen molar-refractivity contribution < 1.29 is 19.3 Å². The zero-order valence-corrected chi connectivity index (χ0v) is 14.5. The first kappa shape index (κ1) is 17.7. The Bertz CT molecular complexity index is 896. The SMILES string of the molecule is CC(C(=O)NCCc1nccs1)N1C(=O)c2cccc([N+](=O)[O-])c2C1=O. The molecular weight excluding hydrogens is 360 g/mol. The average Bonchev–Trinajstić information content (AvgIpc) is 3.21. The van der Waals surface area contributed by atoms with E-state index in [1.165, 1.54) is 30.4 Å². The summed E-state index contributed by atoms with van der Waals surface area (Å²) in [6, 6.07) is 2.75. The van der Waals surface area contributed by atoms with E-state index in [1.54, 1.807) is 6.20 Å². The Labute approximate surface area is 151 Å². The molecule has 0 bridgehead atoms. The summed E-state index contributed by atoms with van der Waals surface area (Å²) in [6.45, 7) is 1.71. The van der Waals surface area contributed by atoms with Crippen molar-refractivity contribution in [2.45, 2.75) is 19.4 Å². The van der Waals surface area contributed by atoms with Gasteiger partial charge in [0, 0.05) is 30.6 Å². The lowest BCUT2D eigenvalue weighted by Crippen LogP contribution is -2.48. The topological polar surface area (TPSA) is 123 Å². The largest absolute Gasteiger partial charge is 0.354 e. The van der Waals surface area contributed by atoms with Gasteiger partial charge in [-0.2, -0.15) is 0 Å². The second-order valence-corrected chi connectivity index (χ2v) is 6.56. The smallest absolute Gasteiger partial charge is 0.282 e. The van der Waals surface area contributed by atoms with Gasteiger partial charge in [-0.05, 0) is 13.0 Å². The second-order valence-electron chi connectivity index (χ2n) is 5.58. The Kier molecular flexibility index (Phi) is 4.76. The summed E-state index contributed by atoms with van der Waals surface area (Å²) in [5.41, 5.74) is -0.781. The van der Waals surface area contributed by atoms with Crippen molar-refractivity contribution in [3.05, 3.63) is 56.0 Å². The minimum atomic E-state index is -1.08. The highest BCUT2D eigenvalue weighted by atomic mass is 32.1. The standard InChI is InChI=1S/C16H14N4O5S/c1-9(14(21)18-6-5-12-17-7-8-26-12)19-15(22)10-3-2-4-11(20(24)25)13(10)16(19)23/h2-4,7-9H,5-6H2,1H3,(H,18,21). The Balaban J connectivity index is 1.73. The molecule has 0 saturated carbocycles. The third-order valence-corrected chi connectivity index (χ3v) is 4.85. The molecule has 1 atom stereocenters. The molecule has 3 amide bonds. The molecular formula is C16H14N4O5S. The van der Waals surface area contributed by atoms with Crippen LogP contribution in [0.5, 0.6) is 0 Å². The number of hydrogen-bond donors (Lipinski definition) is 1. The van der Waals surface area contributed by atoms with Gasteiger partial charge in [-0.15, -0.1) is 11.3 Å². The van der Waals surface area contributed by atoms with Crippen LogP contribution in [0.2, 0.25) is 0 Å². The van der Waals surface area contributed by atoms with Gasteiger partial charge in [-0.25, -0.2) is 4.98 Å². The number of hydrogen-bond acceptors (Lipinski definition) is 7. The molecule has 1 aliphatic heterocycles. The maximum absolute atomic E-state index is 12.6. The molecule has 1 aliphatic rings. The predicted molar refractivity (Wildman–Crippen MR) is 91.9 cm³/mol. The molecule has 0 spiro atoms. The number of carbonyl (C=O) groups excluding carboxylic acids is 3. The molecule has 0 saturated heterocycles. The Hall–Kier alpha value is -3.14. The third kappa shape index (κ3) is 3.06. The summed E-state index contributed by atoms with van der Waals surface area (Å²) in [5.74, 6) is -2.06. The minimum absolute atomic E-state index is 0.0633. The summed E-state index contributed by atoms with van der Waals surface area (Å²) < 4.78 is 0. The van der Waals surface area contributed by atoms with E-state index in [2.05, 4.69) is 10.3 Å². The molecule has 10 heteroatoms. The number of nitrogens with one attached hydrogen (secondary N) is 1. The third-order valence-electron chi connectivity index (χ3n) is 4.01. The number of imide groups is 1. The van der Waals surface area contributed by atoms with Gasteiger partial charge < -0.3 is 5.32 Å². The van der Waals surface area contributed by atoms with E-state index in [-0.39, 0.29) is 11.1 Å². The molecule has 0 fully saturated rings. The molecule has 2 aromatic rings. The fourth-order valence-electron chi connectivity index (χ4n) is 2.72. The number of thiazole rings is 1. The van der Waals surface area contributed by atoms with Gasteiger partial charge in [0.15, 0.2) is 0 Å². The highest BCUT2D eigenvalue weighted by Crippen LogP contribution is 2.31. The van der Waals surface area contributed by atoms with Gasteiger partial charge >= 0.3 is 0 Å². The number of nitro benzene ring substituents is 1. The predicted octanol–water partition coefficient (Wildman–Crippen LogP) is 1.39. The second kappa shape index (κ2) is 7.00. The van der Waals surface area contributed by atoms with Crippen molar-refractivity contribution in [3.63, 3.8) is 0 Å². The summed E-state index contributed by atoms with van der Waals surface area (Å²) in [4.78, 5) is 52.6. The molecule has 1 aromatic heterocycles. The van der Waals surface area contributed by atoms with Gasteiger partial charge in [0.05, 0.1) is 15.5 Å². The molecule has 1 N–H and O–H groups in total. The van der Waals surface area contributed by atoms with Gasteiger partial charge in [0.1, 0.15) is 11.6 Å². The molecule has 26 heavy (non-hydrogen) atoms. The van der Waals surface area contributed by atoms with Gasteiger partial charge in [-0.1, -0.05) is 6.07 Å². The van der Waals surface area contributed by atoms with E-state index in [0.29, 0.717) is 13.0 Å². The number of amides is 3. The molecule has 1 aromatic carbocycles. The van der Waals surface area contributed by atoms with Crippen molar-refractivity contribution in [1.82, 2.24) is 15.2 Å². The first-order valence-corrected chi connectivity index (χ1v) is 8.61. The number of nitro groups is 1. The van der Waals surface area contributed by atoms with Crippen LogP contribution in [-0.4, -0.2) is 45.1 Å². The van der Waals surface area contributed by atoms with Gasteiger partial charge in [0.25, 0.3) is 17.5 Å². The average molecular weight is 374 g/mol. The van der Waals surface area contributed by atoms with Gasteiger partial charge in [-0.3, -0.25) is 29.4 Å². The number of nitrogens with zero attached hydrogens (tertiary/aromatic N) is 3. The van der Waals surface area contributed by atoms with E-state index in [9.17, 15) is 24.5 Å². The maximum Gasteiger partial charge on any atom is 0.282 e. The van der Waals surface area contributed by atoms with Crippen LogP contribution in [-0.2, 0) is 11.2 Å². The van der Waals surface area contributed by atoms with E-state index in [0.717, 1.165) is 16.0 Å². The van der Waals surface area contributed by atoms with Crippen molar-refractivity contribution in [2.24, 2.45) is 0 Å². The number of rotatable bonds is 6. The number of aromatic nitrogens is 1. The van der Waals surface area contributed by atoms with Crippen LogP contribution in [0.25, 0.3) is 0 Å². The van der Waals surface area contributed by atoms with Crippen molar-refractivity contribution >= 4 is 34.7 Å². The molecule has 0 aliphatic carbocycles. The van der Waals surface area contributed by atoms with Crippen LogP contribution in [0.1, 0.15) is 32.6 Å². The van der Waals surface area contributed by atoms with Crippen LogP contribution in [0.4, 0.5) is 5.69 Å². The van der Waals surface area contributed by atoms with E-state index in [1.807, 2.05) is 5.38 Å². The summed E-state index contributed by atoms with van der Waals surface area (Å²) in [6.07, 6.45) is 2.19. The lowest BCUT2D eigenvalue weighted by molar-refractivity contribution is -0.385. The lowest BCUT2D eigenvalue weighted by atomic mass is 10.1. The quantitative estimate of drug-likeness (QED) is 0.463. The molecule has 1 unspecified atom stereocenters. The minimum Gasteiger partial charge on any atom is -0.354 e. The monoisotopic (exact) mass is 374 g/mol. The van der Waals surface area contributed by atoms with Crippen LogP contribution in [0.3, 0.4) is 0 Å². The molecule has 134 valence electrons. The van der Waals surface area contributed by atoms with E-state index < -0.39 is 34.4 Å². The normalized spacial score (nSPS) is 14.3. The summed E-state index contributed by atoms with van der Waals surface area (Å²) in [7, 11) is 0. The van der Waals surface area contributed by atoms with Crippen molar-refractivity contribution in [3.8, 4) is 0 Å². The maximum atomic E-state index is 12.6. The highest BCUT2D eigenvalue weighted by molar-refractivity contribution is 7.09. The van der Waals surface area contributed by atoms with Crippen molar-refractivity contribution in [1.29, 1.82) is 0 Å². The summed E-state index contributed by atoms with van der Waals surface area (Å²) >= 11 is 1.46. The number of carbonyl (C=O) groups is 3. The number of benzene rings is 1. The first-order chi connectivity index (χ1) is 12.4. The summed E-state index contributed by atoms with van der Waals surface area (Å²) in [5, 5.41) is 16.4. The Morgan fingerprint density at radius 3 is 2.81 bits per heavy atom. The molecule has 9 nitrogen and oxygen atoms in total. The van der Waals surface area contributed by atoms with Crippen LogP contribution >= 0.6 is 11.3 Å². The zero-order chi connectivity index (χ0) is 18.8. The molecule has 3 rings (SSSR count). The van der Waals surface area contributed by atoms with Crippen molar-refractivity contribution in [2.75, 3.05) is 6.54 Å². The number of fused-ring (bicyclic) bond motifs is 1. The van der Waals surface area contributed by atoms with Crippen LogP contribution < -0.4 is 5.32 Å². The fraction of sp³-hybridized carbons (Fsp3) is 0.250.